The van der Waals surface area contributed by atoms with Gasteiger partial charge in [0.15, 0.2) is 0 Å². The topological polar surface area (TPSA) is 36.9 Å². The number of hydrogen-bond acceptors (Lipinski definition) is 4. The van der Waals surface area contributed by atoms with E-state index in [9.17, 15) is 0 Å². The van der Waals surface area contributed by atoms with Crippen LogP contribution in [0.5, 0.6) is 17.2 Å². The minimum Gasteiger partial charge on any atom is -0.497 e. The zero-order valence-corrected chi connectivity index (χ0v) is 13.1. The van der Waals surface area contributed by atoms with Crippen molar-refractivity contribution in [2.45, 2.75) is 13.0 Å². The van der Waals surface area contributed by atoms with E-state index in [1.54, 1.807) is 14.2 Å². The minimum absolute atomic E-state index is 0.604. The Bertz CT molecular complexity index is 483. The second-order valence-corrected chi connectivity index (χ2v) is 4.78. The van der Waals surface area contributed by atoms with Crippen LogP contribution in [0.25, 0.3) is 0 Å². The Hall–Kier alpha value is -2.20. The highest BCUT2D eigenvalue weighted by atomic mass is 16.5. The normalized spacial score (nSPS) is 10.3. The van der Waals surface area contributed by atoms with Crippen LogP contribution in [0, 0.1) is 0 Å². The van der Waals surface area contributed by atoms with E-state index in [2.05, 4.69) is 0 Å². The fourth-order valence-electron chi connectivity index (χ4n) is 1.93. The first kappa shape index (κ1) is 16.2. The van der Waals surface area contributed by atoms with Gasteiger partial charge in [-0.15, -0.1) is 0 Å². The highest BCUT2D eigenvalue weighted by molar-refractivity contribution is 5.31. The average molecular weight is 302 g/mol. The maximum Gasteiger partial charge on any atom is 0.119 e. The molecule has 0 unspecified atom stereocenters. The number of benzene rings is 2. The van der Waals surface area contributed by atoms with Crippen LogP contribution in [0.2, 0.25) is 0 Å². The van der Waals surface area contributed by atoms with Crippen molar-refractivity contribution in [1.82, 2.24) is 0 Å². The highest BCUT2D eigenvalue weighted by Gasteiger charge is 1.97. The van der Waals surface area contributed by atoms with Crippen LogP contribution in [-0.4, -0.2) is 27.4 Å². The van der Waals surface area contributed by atoms with Gasteiger partial charge in [-0.05, 0) is 42.0 Å². The Labute approximate surface area is 131 Å². The molecule has 2 rings (SSSR count). The van der Waals surface area contributed by atoms with Crippen molar-refractivity contribution in [3.05, 3.63) is 54.1 Å². The van der Waals surface area contributed by atoms with E-state index in [1.807, 2.05) is 48.5 Å². The summed E-state index contributed by atoms with van der Waals surface area (Å²) in [7, 11) is 3.31. The van der Waals surface area contributed by atoms with Gasteiger partial charge in [0, 0.05) is 6.42 Å². The van der Waals surface area contributed by atoms with Gasteiger partial charge in [0.2, 0.25) is 0 Å². The summed E-state index contributed by atoms with van der Waals surface area (Å²) in [5.41, 5.74) is 1.14. The van der Waals surface area contributed by atoms with Gasteiger partial charge in [0.05, 0.1) is 34.0 Å². The second-order valence-electron chi connectivity index (χ2n) is 4.78. The SMILES string of the molecule is COc1ccc(COCCCOc2ccc(OC)cc2)cc1. The first-order valence-electron chi connectivity index (χ1n) is 7.29. The molecule has 0 spiro atoms. The number of ether oxygens (including phenoxy) is 4. The molecule has 0 aliphatic carbocycles. The van der Waals surface area contributed by atoms with E-state index in [-0.39, 0.29) is 0 Å². The standard InChI is InChI=1S/C18H22O4/c1-19-16-6-4-15(5-7-16)14-21-12-3-13-22-18-10-8-17(20-2)9-11-18/h4-11H,3,12-14H2,1-2H3. The molecule has 0 amide bonds. The molecule has 2 aromatic carbocycles. The summed E-state index contributed by atoms with van der Waals surface area (Å²) in [4.78, 5) is 0. The molecule has 0 heterocycles. The summed E-state index contributed by atoms with van der Waals surface area (Å²) < 4.78 is 21.5. The summed E-state index contributed by atoms with van der Waals surface area (Å²) in [6.07, 6.45) is 0.849. The molecular formula is C18H22O4. The smallest absolute Gasteiger partial charge is 0.119 e. The molecular weight excluding hydrogens is 280 g/mol. The molecule has 4 heteroatoms. The summed E-state index contributed by atoms with van der Waals surface area (Å²) in [5, 5.41) is 0. The van der Waals surface area contributed by atoms with E-state index in [0.29, 0.717) is 19.8 Å². The van der Waals surface area contributed by atoms with Crippen molar-refractivity contribution in [2.75, 3.05) is 27.4 Å². The predicted octanol–water partition coefficient (Wildman–Crippen LogP) is 3.69. The Morgan fingerprint density at radius 3 is 1.82 bits per heavy atom. The monoisotopic (exact) mass is 302 g/mol. The van der Waals surface area contributed by atoms with Gasteiger partial charge >= 0.3 is 0 Å². The Balaban J connectivity index is 1.58. The summed E-state index contributed by atoms with van der Waals surface area (Å²) >= 11 is 0. The van der Waals surface area contributed by atoms with Crippen molar-refractivity contribution in [3.8, 4) is 17.2 Å². The molecule has 4 nitrogen and oxygen atoms in total. The molecule has 0 fully saturated rings. The van der Waals surface area contributed by atoms with Gasteiger partial charge in [-0.25, -0.2) is 0 Å². The van der Waals surface area contributed by atoms with Crippen molar-refractivity contribution in [1.29, 1.82) is 0 Å². The zero-order valence-electron chi connectivity index (χ0n) is 13.1. The fourth-order valence-corrected chi connectivity index (χ4v) is 1.93. The number of methoxy groups -OCH3 is 2. The van der Waals surface area contributed by atoms with Gasteiger partial charge in [0.1, 0.15) is 17.2 Å². The lowest BCUT2D eigenvalue weighted by Gasteiger charge is -2.08. The molecule has 2 aromatic rings. The predicted molar refractivity (Wildman–Crippen MR) is 85.8 cm³/mol. The molecule has 0 radical (unpaired) electrons. The van der Waals surface area contributed by atoms with Crippen LogP contribution < -0.4 is 14.2 Å². The van der Waals surface area contributed by atoms with E-state index < -0.39 is 0 Å². The molecule has 0 bridgehead atoms. The van der Waals surface area contributed by atoms with Crippen LogP contribution in [0.15, 0.2) is 48.5 Å². The summed E-state index contributed by atoms with van der Waals surface area (Å²) in [5.74, 6) is 2.53. The van der Waals surface area contributed by atoms with E-state index in [0.717, 1.165) is 29.2 Å². The molecule has 0 atom stereocenters. The summed E-state index contributed by atoms with van der Waals surface area (Å²) in [6, 6.07) is 15.5. The van der Waals surface area contributed by atoms with Gasteiger partial charge < -0.3 is 18.9 Å². The lowest BCUT2D eigenvalue weighted by atomic mass is 10.2. The second kappa shape index (κ2) is 8.95. The van der Waals surface area contributed by atoms with Gasteiger partial charge in [0.25, 0.3) is 0 Å². The lowest BCUT2D eigenvalue weighted by Crippen LogP contribution is -2.03. The molecule has 0 aromatic heterocycles. The molecule has 0 saturated heterocycles. The Morgan fingerprint density at radius 1 is 0.682 bits per heavy atom. The maximum atomic E-state index is 5.64. The van der Waals surface area contributed by atoms with Crippen LogP contribution in [-0.2, 0) is 11.3 Å². The molecule has 0 saturated carbocycles. The van der Waals surface area contributed by atoms with Crippen molar-refractivity contribution in [2.24, 2.45) is 0 Å². The molecule has 0 aliphatic rings. The van der Waals surface area contributed by atoms with Crippen LogP contribution >= 0.6 is 0 Å². The minimum atomic E-state index is 0.604. The first-order valence-corrected chi connectivity index (χ1v) is 7.29. The largest absolute Gasteiger partial charge is 0.497 e. The van der Waals surface area contributed by atoms with E-state index in [1.165, 1.54) is 0 Å². The van der Waals surface area contributed by atoms with Crippen LogP contribution in [0.1, 0.15) is 12.0 Å². The van der Waals surface area contributed by atoms with Gasteiger partial charge in [-0.2, -0.15) is 0 Å². The third-order valence-electron chi connectivity index (χ3n) is 3.19. The number of rotatable bonds is 9. The first-order chi connectivity index (χ1) is 10.8. The van der Waals surface area contributed by atoms with Crippen molar-refractivity contribution >= 4 is 0 Å². The van der Waals surface area contributed by atoms with Crippen LogP contribution in [0.4, 0.5) is 0 Å². The fraction of sp³-hybridized carbons (Fsp3) is 0.333. The number of hydrogen-bond donors (Lipinski definition) is 0. The van der Waals surface area contributed by atoms with Crippen molar-refractivity contribution < 1.29 is 18.9 Å². The lowest BCUT2D eigenvalue weighted by molar-refractivity contribution is 0.107. The molecule has 0 aliphatic heterocycles. The zero-order chi connectivity index (χ0) is 15.6. The van der Waals surface area contributed by atoms with Gasteiger partial charge in [-0.1, -0.05) is 12.1 Å². The van der Waals surface area contributed by atoms with Gasteiger partial charge in [-0.3, -0.25) is 0 Å². The average Bonchev–Trinajstić information content (AvgIpc) is 2.59. The molecule has 22 heavy (non-hydrogen) atoms. The maximum absolute atomic E-state index is 5.64. The third kappa shape index (κ3) is 5.30. The Morgan fingerprint density at radius 2 is 1.23 bits per heavy atom. The molecule has 118 valence electrons. The van der Waals surface area contributed by atoms with Crippen LogP contribution in [0.3, 0.4) is 0 Å². The third-order valence-corrected chi connectivity index (χ3v) is 3.19. The highest BCUT2D eigenvalue weighted by Crippen LogP contribution is 2.17. The van der Waals surface area contributed by atoms with Crippen molar-refractivity contribution in [3.63, 3.8) is 0 Å². The summed E-state index contributed by atoms with van der Waals surface area (Å²) in [6.45, 7) is 1.91. The Kier molecular flexibility index (Phi) is 6.58. The van der Waals surface area contributed by atoms with E-state index in [4.69, 9.17) is 18.9 Å². The van der Waals surface area contributed by atoms with E-state index >= 15 is 0 Å². The molecule has 0 N–H and O–H groups in total. The quantitative estimate of drug-likeness (QED) is 0.662.